The van der Waals surface area contributed by atoms with E-state index in [4.69, 9.17) is 0 Å². The number of benzene rings is 1. The summed E-state index contributed by atoms with van der Waals surface area (Å²) >= 11 is 0. The Labute approximate surface area is 106 Å². The van der Waals surface area contributed by atoms with Crippen molar-refractivity contribution < 1.29 is 14.0 Å². The van der Waals surface area contributed by atoms with Gasteiger partial charge in [0.25, 0.3) is 0 Å². The summed E-state index contributed by atoms with van der Waals surface area (Å²) in [6, 6.07) is 5.39. The smallest absolute Gasteiger partial charge is 0.321 e. The van der Waals surface area contributed by atoms with Crippen LogP contribution in [0.2, 0.25) is 0 Å². The van der Waals surface area contributed by atoms with Crippen LogP contribution in [-0.4, -0.2) is 17.5 Å². The molecule has 0 bridgehead atoms. The van der Waals surface area contributed by atoms with Crippen molar-refractivity contribution in [2.24, 2.45) is 0 Å². The van der Waals surface area contributed by atoms with E-state index in [9.17, 15) is 14.0 Å². The molecule has 18 heavy (non-hydrogen) atoms. The molecule has 0 aliphatic carbocycles. The van der Waals surface area contributed by atoms with Gasteiger partial charge in [0.2, 0.25) is 5.91 Å². The largest absolute Gasteiger partial charge is 0.333 e. The lowest BCUT2D eigenvalue weighted by molar-refractivity contribution is -0.119. The van der Waals surface area contributed by atoms with Crippen LogP contribution in [0.5, 0.6) is 0 Å². The lowest BCUT2D eigenvalue weighted by atomic mass is 10.1. The van der Waals surface area contributed by atoms with Crippen LogP contribution in [0, 0.1) is 5.82 Å². The molecule has 0 saturated carbocycles. The van der Waals surface area contributed by atoms with Crippen molar-refractivity contribution in [2.45, 2.75) is 32.7 Å². The first-order valence-electron chi connectivity index (χ1n) is 5.63. The summed E-state index contributed by atoms with van der Waals surface area (Å²) in [6.07, 6.45) is -0.162. The van der Waals surface area contributed by atoms with Gasteiger partial charge in [0.15, 0.2) is 0 Å². The van der Waals surface area contributed by atoms with Gasteiger partial charge in [-0.3, -0.25) is 10.1 Å². The second-order valence-electron chi connectivity index (χ2n) is 5.02. The van der Waals surface area contributed by atoms with Crippen LogP contribution in [0.1, 0.15) is 26.3 Å². The standard InChI is InChI=1S/C13H17FN2O2/c1-13(2,3)16-12(18)15-11(17)8-9-6-4-5-7-10(9)14/h4-7H,8H2,1-3H3,(H2,15,16,17,18). The SMILES string of the molecule is CC(C)(C)NC(=O)NC(=O)Cc1ccccc1F. The van der Waals surface area contributed by atoms with Gasteiger partial charge >= 0.3 is 6.03 Å². The van der Waals surface area contributed by atoms with E-state index in [0.717, 1.165) is 0 Å². The Hall–Kier alpha value is -1.91. The normalized spacial score (nSPS) is 10.9. The lowest BCUT2D eigenvalue weighted by Crippen LogP contribution is -2.48. The average molecular weight is 252 g/mol. The maximum absolute atomic E-state index is 13.3. The minimum absolute atomic E-state index is 0.162. The van der Waals surface area contributed by atoms with Gasteiger partial charge in [-0.1, -0.05) is 18.2 Å². The van der Waals surface area contributed by atoms with E-state index in [1.54, 1.807) is 32.9 Å². The van der Waals surface area contributed by atoms with Crippen molar-refractivity contribution in [1.29, 1.82) is 0 Å². The second-order valence-corrected chi connectivity index (χ2v) is 5.02. The van der Waals surface area contributed by atoms with E-state index in [1.165, 1.54) is 12.1 Å². The fourth-order valence-corrected chi connectivity index (χ4v) is 1.36. The third-order valence-corrected chi connectivity index (χ3v) is 2.05. The van der Waals surface area contributed by atoms with Crippen LogP contribution in [-0.2, 0) is 11.2 Å². The molecule has 0 spiro atoms. The highest BCUT2D eigenvalue weighted by Crippen LogP contribution is 2.06. The molecule has 1 aromatic carbocycles. The molecule has 1 rings (SSSR count). The molecule has 0 unspecified atom stereocenters. The van der Waals surface area contributed by atoms with Crippen molar-refractivity contribution in [3.63, 3.8) is 0 Å². The van der Waals surface area contributed by atoms with Gasteiger partial charge in [0, 0.05) is 5.54 Å². The van der Waals surface area contributed by atoms with Crippen LogP contribution in [0.4, 0.5) is 9.18 Å². The first kappa shape index (κ1) is 14.2. The Morgan fingerprint density at radius 3 is 2.39 bits per heavy atom. The van der Waals surface area contributed by atoms with Crippen LogP contribution in [0.3, 0.4) is 0 Å². The summed E-state index contributed by atoms with van der Waals surface area (Å²) in [7, 11) is 0. The number of urea groups is 1. The molecule has 0 saturated heterocycles. The molecule has 0 aliphatic heterocycles. The topological polar surface area (TPSA) is 58.2 Å². The fourth-order valence-electron chi connectivity index (χ4n) is 1.36. The van der Waals surface area contributed by atoms with Crippen LogP contribution in [0.15, 0.2) is 24.3 Å². The minimum atomic E-state index is -0.580. The predicted octanol–water partition coefficient (Wildman–Crippen LogP) is 1.99. The Morgan fingerprint density at radius 2 is 1.83 bits per heavy atom. The van der Waals surface area contributed by atoms with Gasteiger partial charge in [0.05, 0.1) is 6.42 Å². The van der Waals surface area contributed by atoms with Crippen molar-refractivity contribution in [3.05, 3.63) is 35.6 Å². The zero-order valence-corrected chi connectivity index (χ0v) is 10.7. The number of hydrogen-bond acceptors (Lipinski definition) is 2. The third-order valence-electron chi connectivity index (χ3n) is 2.05. The number of nitrogens with one attached hydrogen (secondary N) is 2. The summed E-state index contributed by atoms with van der Waals surface area (Å²) < 4.78 is 13.3. The van der Waals surface area contributed by atoms with E-state index in [-0.39, 0.29) is 12.0 Å². The van der Waals surface area contributed by atoms with Crippen molar-refractivity contribution in [3.8, 4) is 0 Å². The quantitative estimate of drug-likeness (QED) is 0.845. The number of rotatable bonds is 2. The molecule has 0 atom stereocenters. The molecule has 0 fully saturated rings. The zero-order valence-electron chi connectivity index (χ0n) is 10.7. The maximum atomic E-state index is 13.3. The Morgan fingerprint density at radius 1 is 1.22 bits per heavy atom. The summed E-state index contributed by atoms with van der Waals surface area (Å²) in [6.45, 7) is 5.40. The number of amides is 3. The van der Waals surface area contributed by atoms with Gasteiger partial charge < -0.3 is 5.32 Å². The number of carbonyl (C=O) groups excluding carboxylic acids is 2. The van der Waals surface area contributed by atoms with Crippen molar-refractivity contribution in [1.82, 2.24) is 10.6 Å². The van der Waals surface area contributed by atoms with Crippen molar-refractivity contribution >= 4 is 11.9 Å². The monoisotopic (exact) mass is 252 g/mol. The molecule has 0 heterocycles. The van der Waals surface area contributed by atoms with Gasteiger partial charge in [-0.2, -0.15) is 0 Å². The third kappa shape index (κ3) is 4.95. The summed E-state index contributed by atoms with van der Waals surface area (Å²) in [4.78, 5) is 22.9. The molecule has 2 N–H and O–H groups in total. The maximum Gasteiger partial charge on any atom is 0.321 e. The minimum Gasteiger partial charge on any atom is -0.333 e. The van der Waals surface area contributed by atoms with E-state index in [0.29, 0.717) is 0 Å². The molecule has 5 heteroatoms. The molecule has 4 nitrogen and oxygen atoms in total. The molecule has 0 aromatic heterocycles. The number of carbonyl (C=O) groups is 2. The van der Waals surface area contributed by atoms with Crippen molar-refractivity contribution in [2.75, 3.05) is 0 Å². The molecule has 3 amide bonds. The Balaban J connectivity index is 2.53. The molecule has 1 aromatic rings. The van der Waals surface area contributed by atoms with E-state index >= 15 is 0 Å². The number of halogens is 1. The lowest BCUT2D eigenvalue weighted by Gasteiger charge is -2.20. The highest BCUT2D eigenvalue weighted by Gasteiger charge is 2.16. The Kier molecular flexibility index (Phi) is 4.42. The summed E-state index contributed by atoms with van der Waals surface area (Å²) in [5, 5.41) is 4.74. The first-order valence-corrected chi connectivity index (χ1v) is 5.63. The highest BCUT2D eigenvalue weighted by molar-refractivity contribution is 5.95. The zero-order chi connectivity index (χ0) is 13.8. The Bertz CT molecular complexity index is 453. The van der Waals surface area contributed by atoms with Crippen LogP contribution >= 0.6 is 0 Å². The summed E-state index contributed by atoms with van der Waals surface area (Å²) in [5.41, 5.74) is -0.166. The number of imide groups is 1. The second kappa shape index (κ2) is 5.62. The predicted molar refractivity (Wildman–Crippen MR) is 66.5 cm³/mol. The molecular formula is C13H17FN2O2. The molecule has 0 aliphatic rings. The van der Waals surface area contributed by atoms with Gasteiger partial charge in [0.1, 0.15) is 5.82 Å². The average Bonchev–Trinajstić information content (AvgIpc) is 2.18. The van der Waals surface area contributed by atoms with Crippen LogP contribution in [0.25, 0.3) is 0 Å². The molecular weight excluding hydrogens is 235 g/mol. The first-order chi connectivity index (χ1) is 8.28. The van der Waals surface area contributed by atoms with E-state index in [1.807, 2.05) is 0 Å². The van der Waals surface area contributed by atoms with Crippen LogP contribution < -0.4 is 10.6 Å². The van der Waals surface area contributed by atoms with E-state index in [2.05, 4.69) is 10.6 Å². The highest BCUT2D eigenvalue weighted by atomic mass is 19.1. The number of hydrogen-bond donors (Lipinski definition) is 2. The van der Waals surface area contributed by atoms with E-state index < -0.39 is 23.3 Å². The van der Waals surface area contributed by atoms with Gasteiger partial charge in [-0.15, -0.1) is 0 Å². The fraction of sp³-hybridized carbons (Fsp3) is 0.385. The van der Waals surface area contributed by atoms with Gasteiger partial charge in [-0.05, 0) is 32.4 Å². The molecule has 0 radical (unpaired) electrons. The van der Waals surface area contributed by atoms with Gasteiger partial charge in [-0.25, -0.2) is 9.18 Å². The molecule has 98 valence electrons. The summed E-state index contributed by atoms with van der Waals surface area (Å²) in [5.74, 6) is -0.995.